The van der Waals surface area contributed by atoms with E-state index in [1.165, 1.54) is 29.5 Å². The van der Waals surface area contributed by atoms with Gasteiger partial charge in [0.15, 0.2) is 0 Å². The van der Waals surface area contributed by atoms with Crippen molar-refractivity contribution in [3.05, 3.63) is 34.9 Å². The van der Waals surface area contributed by atoms with Gasteiger partial charge in [-0.15, -0.1) is 0 Å². The monoisotopic (exact) mass is 204 g/mol. The molecule has 0 heterocycles. The molecular formula is C14H20O. The second-order valence-electron chi connectivity index (χ2n) is 4.89. The molecule has 82 valence electrons. The van der Waals surface area contributed by atoms with Gasteiger partial charge in [0.05, 0.1) is 6.10 Å². The molecule has 1 nitrogen and oxygen atoms in total. The predicted molar refractivity (Wildman–Crippen MR) is 63.0 cm³/mol. The number of rotatable bonds is 2. The average molecular weight is 204 g/mol. The van der Waals surface area contributed by atoms with Crippen LogP contribution in [-0.2, 0) is 6.42 Å². The molecule has 2 atom stereocenters. The Labute approximate surface area is 92.1 Å². The third-order valence-corrected chi connectivity index (χ3v) is 3.60. The summed E-state index contributed by atoms with van der Waals surface area (Å²) < 4.78 is 0. The van der Waals surface area contributed by atoms with Crippen molar-refractivity contribution in [1.82, 2.24) is 0 Å². The van der Waals surface area contributed by atoms with Crippen LogP contribution in [0.4, 0.5) is 0 Å². The molecule has 1 fully saturated rings. The number of hydrogen-bond donors (Lipinski definition) is 1. The molecule has 0 amide bonds. The van der Waals surface area contributed by atoms with Gasteiger partial charge >= 0.3 is 0 Å². The van der Waals surface area contributed by atoms with E-state index in [4.69, 9.17) is 0 Å². The minimum Gasteiger partial charge on any atom is -0.393 e. The normalized spacial score (nSPS) is 25.8. The van der Waals surface area contributed by atoms with E-state index in [2.05, 4.69) is 32.0 Å². The van der Waals surface area contributed by atoms with Gasteiger partial charge < -0.3 is 5.11 Å². The summed E-state index contributed by atoms with van der Waals surface area (Å²) in [6.45, 7) is 4.30. The summed E-state index contributed by atoms with van der Waals surface area (Å²) in [5.74, 6) is 0.492. The molecule has 1 aliphatic rings. The van der Waals surface area contributed by atoms with E-state index in [1.54, 1.807) is 0 Å². The summed E-state index contributed by atoms with van der Waals surface area (Å²) in [7, 11) is 0. The third-order valence-electron chi connectivity index (χ3n) is 3.60. The largest absolute Gasteiger partial charge is 0.393 e. The van der Waals surface area contributed by atoms with E-state index < -0.39 is 0 Å². The van der Waals surface area contributed by atoms with Gasteiger partial charge in [-0.1, -0.05) is 30.2 Å². The molecule has 0 saturated heterocycles. The topological polar surface area (TPSA) is 20.2 Å². The average Bonchev–Trinajstić information content (AvgIpc) is 2.57. The lowest BCUT2D eigenvalue weighted by Gasteiger charge is -2.16. The maximum atomic E-state index is 9.80. The minimum atomic E-state index is -0.0642. The lowest BCUT2D eigenvalue weighted by molar-refractivity contribution is 0.132. The Bertz CT molecular complexity index is 343. The zero-order valence-electron chi connectivity index (χ0n) is 9.66. The molecular weight excluding hydrogens is 184 g/mol. The van der Waals surface area contributed by atoms with Crippen molar-refractivity contribution in [2.75, 3.05) is 0 Å². The number of aliphatic hydroxyl groups is 1. The van der Waals surface area contributed by atoms with Crippen LogP contribution in [-0.4, -0.2) is 11.2 Å². The van der Waals surface area contributed by atoms with Crippen LogP contribution in [0, 0.1) is 19.8 Å². The van der Waals surface area contributed by atoms with E-state index in [0.717, 1.165) is 12.8 Å². The summed E-state index contributed by atoms with van der Waals surface area (Å²) in [6, 6.07) is 6.62. The molecule has 0 spiro atoms. The Hall–Kier alpha value is -0.820. The SMILES string of the molecule is Cc1ccc(CC2CCCC2O)c(C)c1. The highest BCUT2D eigenvalue weighted by atomic mass is 16.3. The third kappa shape index (κ3) is 2.40. The van der Waals surface area contributed by atoms with E-state index in [9.17, 15) is 5.11 Å². The Morgan fingerprint density at radius 3 is 2.67 bits per heavy atom. The Balaban J connectivity index is 2.10. The van der Waals surface area contributed by atoms with Gasteiger partial charge in [-0.05, 0) is 50.2 Å². The molecule has 1 heteroatoms. The molecule has 1 saturated carbocycles. The standard InChI is InChI=1S/C14H20O/c1-10-6-7-12(11(2)8-10)9-13-4-3-5-14(13)15/h6-8,13-15H,3-5,9H2,1-2H3. The first-order valence-corrected chi connectivity index (χ1v) is 5.91. The smallest absolute Gasteiger partial charge is 0.0571 e. The van der Waals surface area contributed by atoms with Crippen molar-refractivity contribution < 1.29 is 5.11 Å². The van der Waals surface area contributed by atoms with Crippen LogP contribution >= 0.6 is 0 Å². The van der Waals surface area contributed by atoms with Crippen LogP contribution in [0.3, 0.4) is 0 Å². The van der Waals surface area contributed by atoms with Crippen LogP contribution in [0.1, 0.15) is 36.0 Å². The van der Waals surface area contributed by atoms with Gasteiger partial charge in [-0.3, -0.25) is 0 Å². The second kappa shape index (κ2) is 4.36. The zero-order chi connectivity index (χ0) is 10.8. The van der Waals surface area contributed by atoms with E-state index in [0.29, 0.717) is 5.92 Å². The van der Waals surface area contributed by atoms with Gasteiger partial charge in [0, 0.05) is 0 Å². The first kappa shape index (κ1) is 10.7. The maximum absolute atomic E-state index is 9.80. The van der Waals surface area contributed by atoms with E-state index in [1.807, 2.05) is 0 Å². The minimum absolute atomic E-state index is 0.0642. The molecule has 15 heavy (non-hydrogen) atoms. The highest BCUT2D eigenvalue weighted by Crippen LogP contribution is 2.29. The quantitative estimate of drug-likeness (QED) is 0.785. The molecule has 1 aromatic rings. The Morgan fingerprint density at radius 2 is 2.07 bits per heavy atom. The van der Waals surface area contributed by atoms with E-state index in [-0.39, 0.29) is 6.10 Å². The summed E-state index contributed by atoms with van der Waals surface area (Å²) in [6.07, 6.45) is 4.36. The molecule has 0 bridgehead atoms. The number of aryl methyl sites for hydroxylation is 2. The molecule has 0 radical (unpaired) electrons. The van der Waals surface area contributed by atoms with Crippen LogP contribution in [0.5, 0.6) is 0 Å². The second-order valence-corrected chi connectivity index (χ2v) is 4.89. The summed E-state index contributed by atoms with van der Waals surface area (Å²) in [5, 5.41) is 9.80. The van der Waals surface area contributed by atoms with Crippen molar-refractivity contribution in [3.63, 3.8) is 0 Å². The highest BCUT2D eigenvalue weighted by Gasteiger charge is 2.25. The number of benzene rings is 1. The van der Waals surface area contributed by atoms with Crippen molar-refractivity contribution in [1.29, 1.82) is 0 Å². The van der Waals surface area contributed by atoms with Crippen LogP contribution < -0.4 is 0 Å². The summed E-state index contributed by atoms with van der Waals surface area (Å²) >= 11 is 0. The zero-order valence-corrected chi connectivity index (χ0v) is 9.66. The van der Waals surface area contributed by atoms with Gasteiger partial charge in [-0.2, -0.15) is 0 Å². The molecule has 1 aliphatic carbocycles. The fraction of sp³-hybridized carbons (Fsp3) is 0.571. The summed E-state index contributed by atoms with van der Waals surface area (Å²) in [5.41, 5.74) is 4.10. The van der Waals surface area contributed by atoms with Crippen molar-refractivity contribution in [2.45, 2.75) is 45.6 Å². The summed E-state index contributed by atoms with van der Waals surface area (Å²) in [4.78, 5) is 0. The van der Waals surface area contributed by atoms with Crippen molar-refractivity contribution in [2.24, 2.45) is 5.92 Å². The highest BCUT2D eigenvalue weighted by molar-refractivity contribution is 5.30. The lowest BCUT2D eigenvalue weighted by Crippen LogP contribution is -2.15. The predicted octanol–water partition coefficient (Wildman–Crippen LogP) is 3.01. The fourth-order valence-corrected chi connectivity index (χ4v) is 2.61. The molecule has 0 aliphatic heterocycles. The van der Waals surface area contributed by atoms with Crippen LogP contribution in [0.15, 0.2) is 18.2 Å². The Morgan fingerprint density at radius 1 is 1.27 bits per heavy atom. The molecule has 2 rings (SSSR count). The number of aliphatic hydroxyl groups excluding tert-OH is 1. The Kier molecular flexibility index (Phi) is 3.11. The molecule has 0 aromatic heterocycles. The first-order chi connectivity index (χ1) is 7.16. The molecule has 1 aromatic carbocycles. The molecule has 1 N–H and O–H groups in total. The van der Waals surface area contributed by atoms with Crippen LogP contribution in [0.25, 0.3) is 0 Å². The van der Waals surface area contributed by atoms with Crippen molar-refractivity contribution in [3.8, 4) is 0 Å². The maximum Gasteiger partial charge on any atom is 0.0571 e. The lowest BCUT2D eigenvalue weighted by atomic mass is 9.93. The van der Waals surface area contributed by atoms with Gasteiger partial charge in [-0.25, -0.2) is 0 Å². The van der Waals surface area contributed by atoms with Gasteiger partial charge in [0.2, 0.25) is 0 Å². The number of hydrogen-bond acceptors (Lipinski definition) is 1. The van der Waals surface area contributed by atoms with Crippen LogP contribution in [0.2, 0.25) is 0 Å². The van der Waals surface area contributed by atoms with Gasteiger partial charge in [0.25, 0.3) is 0 Å². The van der Waals surface area contributed by atoms with E-state index >= 15 is 0 Å². The van der Waals surface area contributed by atoms with Gasteiger partial charge in [0.1, 0.15) is 0 Å². The fourth-order valence-electron chi connectivity index (χ4n) is 2.61. The molecule has 2 unspecified atom stereocenters. The van der Waals surface area contributed by atoms with Crippen molar-refractivity contribution >= 4 is 0 Å². The first-order valence-electron chi connectivity index (χ1n) is 5.91.